The molecule has 2 heterocycles. The van der Waals surface area contributed by atoms with Crippen molar-refractivity contribution in [2.75, 3.05) is 32.4 Å². The summed E-state index contributed by atoms with van der Waals surface area (Å²) in [6, 6.07) is 16.9. The second kappa shape index (κ2) is 9.35. The zero-order valence-corrected chi connectivity index (χ0v) is 20.4. The average molecular weight is 489 g/mol. The summed E-state index contributed by atoms with van der Waals surface area (Å²) in [4.78, 5) is 19.9. The molecule has 1 aliphatic heterocycles. The lowest BCUT2D eigenvalue weighted by Gasteiger charge is -2.34. The molecule has 32 heavy (non-hydrogen) atoms. The predicted molar refractivity (Wildman–Crippen MR) is 130 cm³/mol. The smallest absolute Gasteiger partial charge is 0.254 e. The molecule has 0 saturated carbocycles. The molecule has 0 unspecified atom stereocenters. The normalized spacial score (nSPS) is 15.2. The number of amides is 1. The topological polar surface area (TPSA) is 57.7 Å². The predicted octanol–water partition coefficient (Wildman–Crippen LogP) is 4.74. The zero-order valence-electron chi connectivity index (χ0n) is 18.0. The molecule has 0 N–H and O–H groups in total. The number of aryl methyl sites for hydroxylation is 1. The molecule has 1 aliphatic rings. The fraction of sp³-hybridized carbons (Fsp3) is 0.292. The van der Waals surface area contributed by atoms with Crippen molar-refractivity contribution in [3.05, 3.63) is 75.6 Å². The molecular weight excluding hydrogens is 464 g/mol. The molecule has 0 atom stereocenters. The summed E-state index contributed by atoms with van der Waals surface area (Å²) < 4.78 is 23.8. The number of rotatable bonds is 5. The molecule has 8 heteroatoms. The minimum Gasteiger partial charge on any atom is -0.336 e. The van der Waals surface area contributed by atoms with Gasteiger partial charge in [0.25, 0.3) is 5.91 Å². The Kier molecular flexibility index (Phi) is 6.72. The Labute approximate surface area is 198 Å². The summed E-state index contributed by atoms with van der Waals surface area (Å²) in [5, 5.41) is 0.732. The highest BCUT2D eigenvalue weighted by atomic mass is 35.5. The third-order valence-corrected chi connectivity index (χ3v) is 8.14. The lowest BCUT2D eigenvalue weighted by atomic mass is 10.1. The molecule has 5 nitrogen and oxygen atoms in total. The molecular formula is C24H25ClN2O3S2. The molecule has 4 rings (SSSR count). The molecule has 3 aromatic rings. The Balaban J connectivity index is 1.38. The van der Waals surface area contributed by atoms with Crippen LogP contribution in [0.1, 0.15) is 20.8 Å². The Bertz CT molecular complexity index is 1250. The fourth-order valence-electron chi connectivity index (χ4n) is 3.82. The van der Waals surface area contributed by atoms with Crippen LogP contribution in [0.15, 0.2) is 59.5 Å². The molecule has 0 aliphatic carbocycles. The van der Waals surface area contributed by atoms with Crippen LogP contribution in [0, 0.1) is 6.92 Å². The number of carbonyl (C=O) groups is 1. The van der Waals surface area contributed by atoms with E-state index in [1.54, 1.807) is 23.5 Å². The molecule has 1 amide bonds. The van der Waals surface area contributed by atoms with E-state index >= 15 is 0 Å². The first-order valence-electron chi connectivity index (χ1n) is 10.4. The number of hydrogen-bond acceptors (Lipinski definition) is 5. The van der Waals surface area contributed by atoms with Gasteiger partial charge in [-0.1, -0.05) is 29.8 Å². The van der Waals surface area contributed by atoms with E-state index in [1.807, 2.05) is 30.0 Å². The minimum atomic E-state index is -3.36. The number of sulfone groups is 1. The number of carbonyl (C=O) groups excluding carboxylic acids is 1. The quantitative estimate of drug-likeness (QED) is 0.520. The maximum atomic E-state index is 13.1. The van der Waals surface area contributed by atoms with Crippen LogP contribution in [0.5, 0.6) is 0 Å². The highest BCUT2D eigenvalue weighted by Gasteiger charge is 2.24. The van der Waals surface area contributed by atoms with E-state index in [4.69, 9.17) is 11.6 Å². The van der Waals surface area contributed by atoms with Gasteiger partial charge in [-0.25, -0.2) is 8.42 Å². The third kappa shape index (κ3) is 5.23. The summed E-state index contributed by atoms with van der Waals surface area (Å²) in [5.41, 5.74) is 2.37. The number of thiophene rings is 1. The van der Waals surface area contributed by atoms with E-state index < -0.39 is 9.84 Å². The van der Waals surface area contributed by atoms with Crippen molar-refractivity contribution >= 4 is 38.7 Å². The van der Waals surface area contributed by atoms with Crippen LogP contribution in [0.3, 0.4) is 0 Å². The van der Waals surface area contributed by atoms with Crippen LogP contribution < -0.4 is 0 Å². The molecule has 1 aromatic heterocycles. The summed E-state index contributed by atoms with van der Waals surface area (Å²) in [6.07, 6.45) is 1.16. The van der Waals surface area contributed by atoms with Gasteiger partial charge in [-0.15, -0.1) is 11.3 Å². The molecule has 2 aromatic carbocycles. The Hall–Kier alpha value is -2.19. The van der Waals surface area contributed by atoms with Gasteiger partial charge >= 0.3 is 0 Å². The molecule has 1 saturated heterocycles. The van der Waals surface area contributed by atoms with Gasteiger partial charge in [-0.2, -0.15) is 0 Å². The molecule has 0 bridgehead atoms. The van der Waals surface area contributed by atoms with Gasteiger partial charge in [0.05, 0.1) is 4.90 Å². The average Bonchev–Trinajstić information content (AvgIpc) is 3.22. The van der Waals surface area contributed by atoms with E-state index in [9.17, 15) is 13.2 Å². The van der Waals surface area contributed by atoms with Crippen molar-refractivity contribution in [2.45, 2.75) is 18.4 Å². The second-order valence-electron chi connectivity index (χ2n) is 8.09. The number of halogens is 1. The number of benzene rings is 2. The van der Waals surface area contributed by atoms with Gasteiger partial charge in [0.2, 0.25) is 0 Å². The first kappa shape index (κ1) is 23.0. The van der Waals surface area contributed by atoms with Crippen molar-refractivity contribution in [1.29, 1.82) is 0 Å². The third-order valence-electron chi connectivity index (χ3n) is 5.68. The minimum absolute atomic E-state index is 0.105. The van der Waals surface area contributed by atoms with Crippen LogP contribution >= 0.6 is 22.9 Å². The molecule has 0 spiro atoms. The number of piperazine rings is 1. The van der Waals surface area contributed by atoms with Crippen molar-refractivity contribution in [3.8, 4) is 10.4 Å². The maximum Gasteiger partial charge on any atom is 0.254 e. The van der Waals surface area contributed by atoms with E-state index in [2.05, 4.69) is 23.1 Å². The second-order valence-corrected chi connectivity index (χ2v) is 11.7. The summed E-state index contributed by atoms with van der Waals surface area (Å²) >= 11 is 7.88. The first-order chi connectivity index (χ1) is 15.2. The van der Waals surface area contributed by atoms with Gasteiger partial charge in [0.15, 0.2) is 9.84 Å². The first-order valence-corrected chi connectivity index (χ1v) is 13.5. The summed E-state index contributed by atoms with van der Waals surface area (Å²) in [6.45, 7) is 5.48. The zero-order chi connectivity index (χ0) is 22.9. The van der Waals surface area contributed by atoms with Crippen LogP contribution in [-0.4, -0.2) is 56.6 Å². The van der Waals surface area contributed by atoms with E-state index in [0.29, 0.717) is 18.7 Å². The number of hydrogen-bond donors (Lipinski definition) is 0. The lowest BCUT2D eigenvalue weighted by Crippen LogP contribution is -2.48. The van der Waals surface area contributed by atoms with Gasteiger partial charge in [-0.05, 0) is 54.4 Å². The fourth-order valence-corrected chi connectivity index (χ4v) is 5.71. The van der Waals surface area contributed by atoms with Gasteiger partial charge in [-0.3, -0.25) is 9.69 Å². The Morgan fingerprint density at radius 1 is 1.03 bits per heavy atom. The van der Waals surface area contributed by atoms with Crippen molar-refractivity contribution < 1.29 is 13.2 Å². The highest BCUT2D eigenvalue weighted by Crippen LogP contribution is 2.30. The van der Waals surface area contributed by atoms with Crippen LogP contribution in [0.2, 0.25) is 5.02 Å². The van der Waals surface area contributed by atoms with E-state index in [1.165, 1.54) is 15.8 Å². The lowest BCUT2D eigenvalue weighted by molar-refractivity contribution is 0.0628. The van der Waals surface area contributed by atoms with Gasteiger partial charge in [0, 0.05) is 59.3 Å². The monoisotopic (exact) mass is 488 g/mol. The molecule has 1 fully saturated rings. The van der Waals surface area contributed by atoms with Crippen LogP contribution in [0.4, 0.5) is 0 Å². The summed E-state index contributed by atoms with van der Waals surface area (Å²) in [5.74, 6) is -0.105. The molecule has 168 valence electrons. The van der Waals surface area contributed by atoms with Gasteiger partial charge < -0.3 is 4.90 Å². The van der Waals surface area contributed by atoms with Gasteiger partial charge in [0.1, 0.15) is 0 Å². The van der Waals surface area contributed by atoms with Crippen LogP contribution in [-0.2, 0) is 16.4 Å². The van der Waals surface area contributed by atoms with Crippen molar-refractivity contribution in [3.63, 3.8) is 0 Å². The largest absolute Gasteiger partial charge is 0.336 e. The standard InChI is InChI=1S/C24H25ClN2O3S2/c1-17-6-8-21(32(2,29)30)15-22(17)24(28)27-12-10-26(11-13-27)16-20-7-9-23(31-20)18-4-3-5-19(25)14-18/h3-9,14-15H,10-13,16H2,1-2H3. The van der Waals surface area contributed by atoms with Crippen molar-refractivity contribution in [1.82, 2.24) is 9.80 Å². The Morgan fingerprint density at radius 2 is 1.78 bits per heavy atom. The molecule has 0 radical (unpaired) electrons. The van der Waals surface area contributed by atoms with Crippen molar-refractivity contribution in [2.24, 2.45) is 0 Å². The highest BCUT2D eigenvalue weighted by molar-refractivity contribution is 7.90. The SMILES string of the molecule is Cc1ccc(S(C)(=O)=O)cc1C(=O)N1CCN(Cc2ccc(-c3cccc(Cl)c3)s2)CC1. The summed E-state index contributed by atoms with van der Waals surface area (Å²) in [7, 11) is -3.36. The number of nitrogens with zero attached hydrogens (tertiary/aromatic N) is 2. The maximum absolute atomic E-state index is 13.1. The Morgan fingerprint density at radius 3 is 2.47 bits per heavy atom. The van der Waals surface area contributed by atoms with Crippen LogP contribution in [0.25, 0.3) is 10.4 Å². The van der Waals surface area contributed by atoms with E-state index in [0.717, 1.165) is 42.0 Å². The van der Waals surface area contributed by atoms with E-state index in [-0.39, 0.29) is 10.8 Å².